The highest BCUT2D eigenvalue weighted by molar-refractivity contribution is 9.10. The Morgan fingerprint density at radius 2 is 1.67 bits per heavy atom. The number of hydrogen-bond acceptors (Lipinski definition) is 4. The molecule has 190 valence electrons. The Morgan fingerprint density at radius 1 is 1.00 bits per heavy atom. The van der Waals surface area contributed by atoms with E-state index in [4.69, 9.17) is 11.6 Å². The number of halogens is 2. The Bertz CT molecular complexity index is 1320. The molecule has 0 aliphatic carbocycles. The number of benzene rings is 3. The number of nitrogens with zero attached hydrogens (tertiary/aromatic N) is 2. The van der Waals surface area contributed by atoms with Crippen LogP contribution in [-0.2, 0) is 26.2 Å². The van der Waals surface area contributed by atoms with Crippen LogP contribution in [0.1, 0.15) is 18.9 Å². The van der Waals surface area contributed by atoms with Crippen LogP contribution in [0, 0.1) is 0 Å². The number of rotatable bonds is 10. The largest absolute Gasteiger partial charge is 0.357 e. The van der Waals surface area contributed by atoms with Gasteiger partial charge < -0.3 is 10.2 Å². The minimum atomic E-state index is -4.10. The first kappa shape index (κ1) is 27.7. The van der Waals surface area contributed by atoms with Crippen molar-refractivity contribution in [3.63, 3.8) is 0 Å². The maximum atomic E-state index is 13.8. The van der Waals surface area contributed by atoms with Gasteiger partial charge in [0.25, 0.3) is 10.0 Å². The lowest BCUT2D eigenvalue weighted by Crippen LogP contribution is -2.51. The minimum absolute atomic E-state index is 0.0438. The first-order valence-corrected chi connectivity index (χ1v) is 13.9. The average Bonchev–Trinajstić information content (AvgIpc) is 2.88. The van der Waals surface area contributed by atoms with Gasteiger partial charge in [0, 0.05) is 23.1 Å². The summed E-state index contributed by atoms with van der Waals surface area (Å²) in [6.07, 6.45) is 0.332. The van der Waals surface area contributed by atoms with E-state index in [2.05, 4.69) is 21.2 Å². The van der Waals surface area contributed by atoms with E-state index in [0.717, 1.165) is 4.31 Å². The van der Waals surface area contributed by atoms with Gasteiger partial charge in [-0.25, -0.2) is 8.42 Å². The van der Waals surface area contributed by atoms with Crippen molar-refractivity contribution < 1.29 is 18.0 Å². The molecule has 0 aliphatic rings. The molecular weight excluding hydrogens is 566 g/mol. The zero-order valence-corrected chi connectivity index (χ0v) is 23.1. The van der Waals surface area contributed by atoms with Crippen LogP contribution in [0.2, 0.25) is 5.02 Å². The molecule has 36 heavy (non-hydrogen) atoms. The Morgan fingerprint density at radius 3 is 2.28 bits per heavy atom. The van der Waals surface area contributed by atoms with Crippen LogP contribution >= 0.6 is 27.5 Å². The molecule has 0 radical (unpaired) electrons. The molecule has 3 rings (SSSR count). The first-order valence-electron chi connectivity index (χ1n) is 11.3. The number of amides is 2. The molecule has 0 saturated heterocycles. The lowest BCUT2D eigenvalue weighted by molar-refractivity contribution is -0.140. The highest BCUT2D eigenvalue weighted by Crippen LogP contribution is 2.27. The van der Waals surface area contributed by atoms with Gasteiger partial charge in [0.05, 0.1) is 10.6 Å². The maximum absolute atomic E-state index is 13.8. The van der Waals surface area contributed by atoms with E-state index in [9.17, 15) is 18.0 Å². The molecule has 1 N–H and O–H groups in total. The summed E-state index contributed by atoms with van der Waals surface area (Å²) in [6.45, 7) is 1.33. The summed E-state index contributed by atoms with van der Waals surface area (Å²) in [5.74, 6) is -0.886. The normalized spacial score (nSPS) is 12.0. The van der Waals surface area contributed by atoms with E-state index < -0.39 is 28.5 Å². The van der Waals surface area contributed by atoms with Crippen LogP contribution < -0.4 is 9.62 Å². The van der Waals surface area contributed by atoms with Crippen LogP contribution in [0.25, 0.3) is 0 Å². The number of carbonyl (C=O) groups is 2. The van der Waals surface area contributed by atoms with Crippen molar-refractivity contribution in [2.75, 3.05) is 17.9 Å². The third-order valence-electron chi connectivity index (χ3n) is 5.64. The van der Waals surface area contributed by atoms with Gasteiger partial charge in [-0.05, 0) is 48.4 Å². The minimum Gasteiger partial charge on any atom is -0.357 e. The molecule has 0 heterocycles. The molecule has 0 bridgehead atoms. The zero-order chi connectivity index (χ0) is 26.3. The van der Waals surface area contributed by atoms with E-state index >= 15 is 0 Å². The van der Waals surface area contributed by atoms with Crippen LogP contribution in [0.4, 0.5) is 5.69 Å². The van der Waals surface area contributed by atoms with Gasteiger partial charge in [0.15, 0.2) is 0 Å². The van der Waals surface area contributed by atoms with Gasteiger partial charge in [-0.2, -0.15) is 0 Å². The van der Waals surface area contributed by atoms with Crippen LogP contribution in [-0.4, -0.2) is 44.8 Å². The second-order valence-corrected chi connectivity index (χ2v) is 11.1. The molecule has 7 nitrogen and oxygen atoms in total. The smallest absolute Gasteiger partial charge is 0.264 e. The molecule has 0 spiro atoms. The van der Waals surface area contributed by atoms with Gasteiger partial charge in [0.1, 0.15) is 12.6 Å². The van der Waals surface area contributed by atoms with Crippen molar-refractivity contribution in [3.05, 3.63) is 93.9 Å². The Kier molecular flexibility index (Phi) is 9.53. The highest BCUT2D eigenvalue weighted by atomic mass is 79.9. The maximum Gasteiger partial charge on any atom is 0.264 e. The van der Waals surface area contributed by atoms with Gasteiger partial charge in [-0.3, -0.25) is 13.9 Å². The van der Waals surface area contributed by atoms with Gasteiger partial charge in [-0.1, -0.05) is 76.9 Å². The molecule has 3 aromatic rings. The molecule has 0 fully saturated rings. The van der Waals surface area contributed by atoms with E-state index in [1.54, 1.807) is 73.7 Å². The third kappa shape index (κ3) is 6.46. The lowest BCUT2D eigenvalue weighted by Gasteiger charge is -2.33. The first-order chi connectivity index (χ1) is 17.2. The van der Waals surface area contributed by atoms with Crippen LogP contribution in [0.15, 0.2) is 88.2 Å². The Labute approximate surface area is 225 Å². The van der Waals surface area contributed by atoms with E-state index in [1.165, 1.54) is 24.1 Å². The molecule has 0 aromatic heterocycles. The fourth-order valence-corrected chi connectivity index (χ4v) is 5.79. The summed E-state index contributed by atoms with van der Waals surface area (Å²) in [7, 11) is -2.60. The van der Waals surface area contributed by atoms with E-state index in [-0.39, 0.29) is 17.3 Å². The summed E-state index contributed by atoms with van der Waals surface area (Å²) < 4.78 is 29.1. The highest BCUT2D eigenvalue weighted by Gasteiger charge is 2.33. The SMILES string of the molecule is CC[C@H](C(=O)NC)N(Cc1ccccc1Cl)C(=O)CN(c1cccc(Br)c1)S(=O)(=O)c1ccccc1. The summed E-state index contributed by atoms with van der Waals surface area (Å²) in [5, 5.41) is 3.04. The number of carbonyl (C=O) groups excluding carboxylic acids is 2. The van der Waals surface area contributed by atoms with Crippen molar-refractivity contribution >= 4 is 55.1 Å². The second-order valence-electron chi connectivity index (χ2n) is 7.96. The van der Waals surface area contributed by atoms with Gasteiger partial charge in [0.2, 0.25) is 11.8 Å². The third-order valence-corrected chi connectivity index (χ3v) is 8.29. The predicted molar refractivity (Wildman–Crippen MR) is 145 cm³/mol. The van der Waals surface area contributed by atoms with Gasteiger partial charge in [-0.15, -0.1) is 0 Å². The van der Waals surface area contributed by atoms with E-state index in [0.29, 0.717) is 27.2 Å². The summed E-state index contributed by atoms with van der Waals surface area (Å²) >= 11 is 9.74. The number of nitrogens with one attached hydrogen (secondary N) is 1. The fourth-order valence-electron chi connectivity index (χ4n) is 3.78. The number of anilines is 1. The molecule has 3 aromatic carbocycles. The van der Waals surface area contributed by atoms with Crippen LogP contribution in [0.3, 0.4) is 0 Å². The molecule has 0 unspecified atom stereocenters. The topological polar surface area (TPSA) is 86.8 Å². The predicted octanol–water partition coefficient (Wildman–Crippen LogP) is 4.85. The van der Waals surface area contributed by atoms with Crippen molar-refractivity contribution in [1.82, 2.24) is 10.2 Å². The van der Waals surface area contributed by atoms with Crippen molar-refractivity contribution in [3.8, 4) is 0 Å². The molecule has 1 atom stereocenters. The second kappa shape index (κ2) is 12.4. The number of likely N-dealkylation sites (N-methyl/N-ethyl adjacent to an activating group) is 1. The molecule has 0 aliphatic heterocycles. The van der Waals surface area contributed by atoms with E-state index in [1.807, 2.05) is 0 Å². The van der Waals surface area contributed by atoms with Crippen molar-refractivity contribution in [2.24, 2.45) is 0 Å². The average molecular weight is 593 g/mol. The van der Waals surface area contributed by atoms with Crippen LogP contribution in [0.5, 0.6) is 0 Å². The number of sulfonamides is 1. The Hall–Kier alpha value is -2.88. The number of hydrogen-bond donors (Lipinski definition) is 1. The summed E-state index contributed by atoms with van der Waals surface area (Å²) in [5.41, 5.74) is 0.960. The van der Waals surface area contributed by atoms with Crippen molar-refractivity contribution in [2.45, 2.75) is 30.8 Å². The zero-order valence-electron chi connectivity index (χ0n) is 19.9. The van der Waals surface area contributed by atoms with Crippen molar-refractivity contribution in [1.29, 1.82) is 0 Å². The lowest BCUT2D eigenvalue weighted by atomic mass is 10.1. The standard InChI is InChI=1S/C26H27BrClN3O4S/c1-3-24(26(33)29-2)30(17-19-10-7-8-15-23(19)28)25(32)18-31(21-12-9-11-20(27)16-21)36(34,35)22-13-5-4-6-14-22/h4-16,24H,3,17-18H2,1-2H3,(H,29,33)/t24-/m1/s1. The molecule has 10 heteroatoms. The fraction of sp³-hybridized carbons (Fsp3) is 0.231. The molecule has 0 saturated carbocycles. The summed E-state index contributed by atoms with van der Waals surface area (Å²) in [6, 6.07) is 20.8. The summed E-state index contributed by atoms with van der Waals surface area (Å²) in [4.78, 5) is 27.9. The monoisotopic (exact) mass is 591 g/mol. The van der Waals surface area contributed by atoms with Gasteiger partial charge >= 0.3 is 0 Å². The Balaban J connectivity index is 2.06. The molecule has 2 amide bonds. The quantitative estimate of drug-likeness (QED) is 0.365. The molecular formula is C26H27BrClN3O4S.